The second-order valence-corrected chi connectivity index (χ2v) is 2.63. The highest BCUT2D eigenvalue weighted by molar-refractivity contribution is 5.66. The lowest BCUT2D eigenvalue weighted by molar-refractivity contribution is -0.147. The molecule has 1 atom stereocenters. The van der Waals surface area contributed by atoms with Crippen molar-refractivity contribution in [3.63, 3.8) is 0 Å². The minimum atomic E-state index is -0.260. The molecule has 0 rings (SSSR count). The molecule has 0 amide bonds. The van der Waals surface area contributed by atoms with Gasteiger partial charge >= 0.3 is 5.97 Å². The molecule has 60 valence electrons. The molecule has 0 aliphatic heterocycles. The lowest BCUT2D eigenvalue weighted by Gasteiger charge is -2.17. The fraction of sp³-hybridized carbons (Fsp3) is 0.857. The Bertz CT molecular complexity index is 112. The summed E-state index contributed by atoms with van der Waals surface area (Å²) in [7, 11) is 0. The number of ether oxygens (including phenoxy) is 1. The van der Waals surface area contributed by atoms with Crippen molar-refractivity contribution in [3.8, 4) is 0 Å². The van der Waals surface area contributed by atoms with Gasteiger partial charge in [0.15, 0.2) is 0 Å². The van der Waals surface area contributed by atoms with E-state index < -0.39 is 0 Å². The Morgan fingerprint density at radius 2 is 2.10 bits per heavy atom. The molecule has 0 heterocycles. The summed E-state index contributed by atoms with van der Waals surface area (Å²) >= 11 is 0. The van der Waals surface area contributed by atoms with Gasteiger partial charge in [0.2, 0.25) is 0 Å². The van der Waals surface area contributed by atoms with Crippen LogP contribution in [0.1, 0.15) is 20.8 Å². The van der Waals surface area contributed by atoms with Gasteiger partial charge in [-0.1, -0.05) is 13.8 Å². The zero-order valence-corrected chi connectivity index (χ0v) is 6.76. The third-order valence-electron chi connectivity index (χ3n) is 1.29. The van der Waals surface area contributed by atoms with Crippen LogP contribution in [0.3, 0.4) is 0 Å². The van der Waals surface area contributed by atoms with Crippen molar-refractivity contribution in [1.82, 2.24) is 0 Å². The van der Waals surface area contributed by atoms with Crippen LogP contribution in [0.15, 0.2) is 0 Å². The van der Waals surface area contributed by atoms with Crippen LogP contribution in [0.5, 0.6) is 0 Å². The minimum Gasteiger partial charge on any atom is -0.461 e. The van der Waals surface area contributed by atoms with Gasteiger partial charge < -0.3 is 10.5 Å². The first-order chi connectivity index (χ1) is 4.57. The molecule has 0 saturated carbocycles. The number of carbonyl (C=O) groups is 1. The van der Waals surface area contributed by atoms with Crippen molar-refractivity contribution in [2.24, 2.45) is 11.7 Å². The van der Waals surface area contributed by atoms with E-state index in [1.165, 1.54) is 6.92 Å². The Morgan fingerprint density at radius 1 is 1.60 bits per heavy atom. The summed E-state index contributed by atoms with van der Waals surface area (Å²) in [5, 5.41) is 0. The lowest BCUT2D eigenvalue weighted by Crippen LogP contribution is -2.30. The molecule has 0 spiro atoms. The lowest BCUT2D eigenvalue weighted by atomic mass is 10.1. The van der Waals surface area contributed by atoms with E-state index >= 15 is 0 Å². The predicted molar refractivity (Wildman–Crippen MR) is 39.4 cm³/mol. The molecule has 0 unspecified atom stereocenters. The van der Waals surface area contributed by atoms with Crippen LogP contribution in [0.2, 0.25) is 0 Å². The number of hydrogen-bond acceptors (Lipinski definition) is 3. The number of nitrogens with two attached hydrogens (primary N) is 1. The Hall–Kier alpha value is -0.570. The van der Waals surface area contributed by atoms with Crippen molar-refractivity contribution in [2.75, 3.05) is 6.54 Å². The quantitative estimate of drug-likeness (QED) is 0.589. The fourth-order valence-electron chi connectivity index (χ4n) is 0.670. The summed E-state index contributed by atoms with van der Waals surface area (Å²) in [6.07, 6.45) is -0.127. The summed E-state index contributed by atoms with van der Waals surface area (Å²) in [5.74, 6) is 0.0399. The first-order valence-electron chi connectivity index (χ1n) is 3.45. The molecule has 0 fully saturated rings. The zero-order chi connectivity index (χ0) is 8.15. The molecule has 0 aliphatic carbocycles. The summed E-state index contributed by atoms with van der Waals surface area (Å²) in [4.78, 5) is 10.4. The van der Waals surface area contributed by atoms with Crippen molar-refractivity contribution in [3.05, 3.63) is 0 Å². The number of hydrogen-bond donors (Lipinski definition) is 1. The monoisotopic (exact) mass is 145 g/mol. The molecule has 10 heavy (non-hydrogen) atoms. The third-order valence-corrected chi connectivity index (χ3v) is 1.29. The average molecular weight is 145 g/mol. The zero-order valence-electron chi connectivity index (χ0n) is 6.76. The summed E-state index contributed by atoms with van der Waals surface area (Å²) in [5.41, 5.74) is 5.34. The Labute approximate surface area is 61.5 Å². The molecule has 0 aromatic rings. The van der Waals surface area contributed by atoms with Gasteiger partial charge in [-0.3, -0.25) is 4.79 Å². The third kappa shape index (κ3) is 3.45. The van der Waals surface area contributed by atoms with Crippen molar-refractivity contribution in [2.45, 2.75) is 26.9 Å². The molecule has 0 aromatic carbocycles. The van der Waals surface area contributed by atoms with Gasteiger partial charge in [0.05, 0.1) is 0 Å². The molecule has 0 saturated heterocycles. The highest BCUT2D eigenvalue weighted by Crippen LogP contribution is 2.04. The molecule has 3 nitrogen and oxygen atoms in total. The van der Waals surface area contributed by atoms with Gasteiger partial charge in [-0.25, -0.2) is 0 Å². The van der Waals surface area contributed by atoms with Crippen LogP contribution in [-0.4, -0.2) is 18.6 Å². The second kappa shape index (κ2) is 4.28. The smallest absolute Gasteiger partial charge is 0.302 e. The molecule has 0 aliphatic rings. The molecule has 0 bridgehead atoms. The van der Waals surface area contributed by atoms with E-state index in [1.807, 2.05) is 13.8 Å². The van der Waals surface area contributed by atoms with Crippen LogP contribution >= 0.6 is 0 Å². The first-order valence-corrected chi connectivity index (χ1v) is 3.45. The molecular formula is C7H15NO2. The van der Waals surface area contributed by atoms with Crippen molar-refractivity contribution >= 4 is 5.97 Å². The number of esters is 1. The van der Waals surface area contributed by atoms with Gasteiger partial charge in [0.1, 0.15) is 6.10 Å². The van der Waals surface area contributed by atoms with Crippen molar-refractivity contribution in [1.29, 1.82) is 0 Å². The van der Waals surface area contributed by atoms with E-state index in [9.17, 15) is 4.79 Å². The van der Waals surface area contributed by atoms with E-state index in [2.05, 4.69) is 0 Å². The van der Waals surface area contributed by atoms with E-state index in [0.29, 0.717) is 12.5 Å². The van der Waals surface area contributed by atoms with Gasteiger partial charge in [-0.15, -0.1) is 0 Å². The predicted octanol–water partition coefficient (Wildman–Crippen LogP) is 0.533. The standard InChI is InChI=1S/C7H15NO2/c1-5(2)7(4-8)10-6(3)9/h5,7H,4,8H2,1-3H3/t7-/m0/s1. The van der Waals surface area contributed by atoms with Gasteiger partial charge in [-0.2, -0.15) is 0 Å². The first kappa shape index (κ1) is 9.43. The van der Waals surface area contributed by atoms with E-state index in [-0.39, 0.29) is 12.1 Å². The van der Waals surface area contributed by atoms with Crippen molar-refractivity contribution < 1.29 is 9.53 Å². The highest BCUT2D eigenvalue weighted by Gasteiger charge is 2.13. The van der Waals surface area contributed by atoms with Crippen LogP contribution in [0.4, 0.5) is 0 Å². The van der Waals surface area contributed by atoms with E-state index in [4.69, 9.17) is 10.5 Å². The maximum Gasteiger partial charge on any atom is 0.302 e. The second-order valence-electron chi connectivity index (χ2n) is 2.63. The van der Waals surface area contributed by atoms with Crippen LogP contribution in [0, 0.1) is 5.92 Å². The molecule has 0 radical (unpaired) electrons. The molecule has 3 heteroatoms. The fourth-order valence-corrected chi connectivity index (χ4v) is 0.670. The topological polar surface area (TPSA) is 52.3 Å². The Morgan fingerprint density at radius 3 is 2.20 bits per heavy atom. The number of rotatable bonds is 3. The Kier molecular flexibility index (Phi) is 4.03. The molecule has 2 N–H and O–H groups in total. The van der Waals surface area contributed by atoms with Crippen LogP contribution in [-0.2, 0) is 9.53 Å². The van der Waals surface area contributed by atoms with E-state index in [0.717, 1.165) is 0 Å². The Balaban J connectivity index is 3.71. The normalized spacial score (nSPS) is 13.3. The van der Waals surface area contributed by atoms with Gasteiger partial charge in [0.25, 0.3) is 0 Å². The highest BCUT2D eigenvalue weighted by atomic mass is 16.5. The SMILES string of the molecule is CC(=O)O[C@@H](CN)C(C)C. The molecule has 0 aromatic heterocycles. The minimum absolute atomic E-state index is 0.127. The maximum atomic E-state index is 10.4. The largest absolute Gasteiger partial charge is 0.461 e. The summed E-state index contributed by atoms with van der Waals surface area (Å²) in [6, 6.07) is 0. The number of carbonyl (C=O) groups excluding carboxylic acids is 1. The maximum absolute atomic E-state index is 10.4. The molecular weight excluding hydrogens is 130 g/mol. The van der Waals surface area contributed by atoms with Crippen LogP contribution < -0.4 is 5.73 Å². The summed E-state index contributed by atoms with van der Waals surface area (Å²) in [6.45, 7) is 5.74. The van der Waals surface area contributed by atoms with Gasteiger partial charge in [0, 0.05) is 13.5 Å². The average Bonchev–Trinajstić information content (AvgIpc) is 1.81. The summed E-state index contributed by atoms with van der Waals surface area (Å²) < 4.78 is 4.90. The van der Waals surface area contributed by atoms with Gasteiger partial charge in [-0.05, 0) is 5.92 Å². The van der Waals surface area contributed by atoms with E-state index in [1.54, 1.807) is 0 Å². The van der Waals surface area contributed by atoms with Crippen LogP contribution in [0.25, 0.3) is 0 Å².